The SMILES string of the molecule is CCCCN1CC(Nc2ccc([C@@H]3c4[nH]c5ccccc5c4C[C@@H](C)N3CC(F)(F)CO)cc2)C1. The number of para-hydroxylation sites is 1. The zero-order valence-electron chi connectivity index (χ0n) is 20.6. The van der Waals surface area contributed by atoms with Gasteiger partial charge in [-0.25, -0.2) is 8.78 Å². The summed E-state index contributed by atoms with van der Waals surface area (Å²) in [5, 5.41) is 14.1. The van der Waals surface area contributed by atoms with Gasteiger partial charge in [0.2, 0.25) is 0 Å². The number of hydrogen-bond acceptors (Lipinski definition) is 4. The summed E-state index contributed by atoms with van der Waals surface area (Å²) in [6.45, 7) is 5.86. The van der Waals surface area contributed by atoms with Gasteiger partial charge in [0.05, 0.1) is 18.6 Å². The highest BCUT2D eigenvalue weighted by Gasteiger charge is 2.41. The van der Waals surface area contributed by atoms with Crippen LogP contribution in [0.5, 0.6) is 0 Å². The second kappa shape index (κ2) is 9.88. The number of nitrogens with zero attached hydrogens (tertiary/aromatic N) is 2. The van der Waals surface area contributed by atoms with Crippen LogP contribution in [0.2, 0.25) is 0 Å². The molecule has 0 unspecified atom stereocenters. The van der Waals surface area contributed by atoms with Gasteiger partial charge in [-0.15, -0.1) is 0 Å². The first kappa shape index (κ1) is 24.2. The fourth-order valence-electron chi connectivity index (χ4n) is 5.65. The molecule has 5 rings (SSSR count). The number of rotatable bonds is 9. The van der Waals surface area contributed by atoms with Crippen LogP contribution in [0.25, 0.3) is 10.9 Å². The van der Waals surface area contributed by atoms with Crippen molar-refractivity contribution in [3.63, 3.8) is 0 Å². The number of nitrogens with one attached hydrogen (secondary N) is 2. The summed E-state index contributed by atoms with van der Waals surface area (Å²) in [6.07, 6.45) is 3.14. The molecule has 1 saturated heterocycles. The van der Waals surface area contributed by atoms with Crippen molar-refractivity contribution in [2.24, 2.45) is 0 Å². The molecule has 3 heterocycles. The number of halogens is 2. The number of anilines is 1. The van der Waals surface area contributed by atoms with Crippen molar-refractivity contribution in [1.29, 1.82) is 0 Å². The van der Waals surface area contributed by atoms with Gasteiger partial charge >= 0.3 is 0 Å². The van der Waals surface area contributed by atoms with E-state index in [2.05, 4.69) is 52.5 Å². The van der Waals surface area contributed by atoms with E-state index in [4.69, 9.17) is 0 Å². The van der Waals surface area contributed by atoms with Crippen molar-refractivity contribution in [1.82, 2.24) is 14.8 Å². The summed E-state index contributed by atoms with van der Waals surface area (Å²) in [6, 6.07) is 16.4. The third-order valence-electron chi connectivity index (χ3n) is 7.54. The van der Waals surface area contributed by atoms with Crippen molar-refractivity contribution < 1.29 is 13.9 Å². The van der Waals surface area contributed by atoms with E-state index >= 15 is 0 Å². The molecular formula is C28H36F2N4O. The Kier molecular flexibility index (Phi) is 6.84. The van der Waals surface area contributed by atoms with E-state index in [0.29, 0.717) is 12.5 Å². The molecule has 2 atom stereocenters. The minimum atomic E-state index is -3.16. The fraction of sp³-hybridized carbons (Fsp3) is 0.500. The largest absolute Gasteiger partial charge is 0.390 e. The van der Waals surface area contributed by atoms with Gasteiger partial charge < -0.3 is 15.4 Å². The first-order valence-corrected chi connectivity index (χ1v) is 12.8. The Balaban J connectivity index is 1.41. The van der Waals surface area contributed by atoms with E-state index in [9.17, 15) is 13.9 Å². The molecular weight excluding hydrogens is 446 g/mol. The second-order valence-electron chi connectivity index (χ2n) is 10.3. The van der Waals surface area contributed by atoms with Crippen molar-refractivity contribution in [3.8, 4) is 0 Å². The molecule has 0 amide bonds. The lowest BCUT2D eigenvalue weighted by Crippen LogP contribution is -2.54. The van der Waals surface area contributed by atoms with Gasteiger partial charge in [0.25, 0.3) is 5.92 Å². The first-order valence-electron chi connectivity index (χ1n) is 12.8. The summed E-state index contributed by atoms with van der Waals surface area (Å²) in [5.41, 5.74) is 5.24. The maximum Gasteiger partial charge on any atom is 0.283 e. The number of alkyl halides is 2. The van der Waals surface area contributed by atoms with Crippen LogP contribution < -0.4 is 5.32 Å². The summed E-state index contributed by atoms with van der Waals surface area (Å²) >= 11 is 0. The molecule has 2 aliphatic rings. The predicted octanol–water partition coefficient (Wildman–Crippen LogP) is 5.03. The normalized spacial score (nSPS) is 21.7. The molecule has 0 saturated carbocycles. The van der Waals surface area contributed by atoms with Gasteiger partial charge in [0.1, 0.15) is 6.61 Å². The molecule has 0 spiro atoms. The molecule has 7 heteroatoms. The molecule has 35 heavy (non-hydrogen) atoms. The highest BCUT2D eigenvalue weighted by molar-refractivity contribution is 5.85. The van der Waals surface area contributed by atoms with Crippen molar-refractivity contribution in [2.45, 2.75) is 57.2 Å². The number of hydrogen-bond donors (Lipinski definition) is 3. The third-order valence-corrected chi connectivity index (χ3v) is 7.54. The van der Waals surface area contributed by atoms with E-state index in [1.165, 1.54) is 18.4 Å². The molecule has 0 bridgehead atoms. The Morgan fingerprint density at radius 2 is 1.86 bits per heavy atom. The van der Waals surface area contributed by atoms with Gasteiger partial charge in [0.15, 0.2) is 0 Å². The van der Waals surface area contributed by atoms with E-state index in [0.717, 1.165) is 47.5 Å². The predicted molar refractivity (Wildman–Crippen MR) is 137 cm³/mol. The number of aromatic amines is 1. The Morgan fingerprint density at radius 1 is 1.11 bits per heavy atom. The van der Waals surface area contributed by atoms with Crippen LogP contribution in [0, 0.1) is 0 Å². The third kappa shape index (κ3) is 4.95. The lowest BCUT2D eigenvalue weighted by Gasteiger charge is -2.42. The molecule has 0 radical (unpaired) electrons. The Bertz CT molecular complexity index is 1140. The highest BCUT2D eigenvalue weighted by Crippen LogP contribution is 2.42. The zero-order chi connectivity index (χ0) is 24.6. The van der Waals surface area contributed by atoms with Crippen LogP contribution in [0.15, 0.2) is 48.5 Å². The first-order chi connectivity index (χ1) is 16.9. The van der Waals surface area contributed by atoms with E-state index in [1.807, 2.05) is 30.0 Å². The van der Waals surface area contributed by atoms with E-state index in [1.54, 1.807) is 0 Å². The van der Waals surface area contributed by atoms with Gasteiger partial charge in [-0.05, 0) is 55.6 Å². The van der Waals surface area contributed by atoms with Gasteiger partial charge in [0, 0.05) is 41.4 Å². The smallest absolute Gasteiger partial charge is 0.283 e. The number of aliphatic hydroxyl groups excluding tert-OH is 1. The molecule has 0 aliphatic carbocycles. The second-order valence-corrected chi connectivity index (χ2v) is 10.3. The van der Waals surface area contributed by atoms with Crippen LogP contribution in [-0.2, 0) is 6.42 Å². The maximum absolute atomic E-state index is 14.4. The number of aliphatic hydroxyl groups is 1. The minimum Gasteiger partial charge on any atom is -0.390 e. The highest BCUT2D eigenvalue weighted by atomic mass is 19.3. The number of fused-ring (bicyclic) bond motifs is 3. The average molecular weight is 483 g/mol. The van der Waals surface area contributed by atoms with Gasteiger partial charge in [-0.1, -0.05) is 43.7 Å². The average Bonchev–Trinajstić information content (AvgIpc) is 3.19. The monoisotopic (exact) mass is 482 g/mol. The van der Waals surface area contributed by atoms with Crippen molar-refractivity contribution in [2.75, 3.05) is 38.1 Å². The Hall–Kier alpha value is -2.48. The van der Waals surface area contributed by atoms with Crippen LogP contribution in [0.3, 0.4) is 0 Å². The van der Waals surface area contributed by atoms with E-state index < -0.39 is 19.1 Å². The quantitative estimate of drug-likeness (QED) is 0.401. The van der Waals surface area contributed by atoms with Crippen LogP contribution in [0.1, 0.15) is 49.6 Å². The van der Waals surface area contributed by atoms with Crippen LogP contribution >= 0.6 is 0 Å². The molecule has 2 aromatic carbocycles. The number of unbranched alkanes of at least 4 members (excludes halogenated alkanes) is 1. The van der Waals surface area contributed by atoms with Gasteiger partial charge in [-0.3, -0.25) is 9.80 Å². The molecule has 188 valence electrons. The van der Waals surface area contributed by atoms with Crippen LogP contribution in [0.4, 0.5) is 14.5 Å². The summed E-state index contributed by atoms with van der Waals surface area (Å²) in [7, 11) is 0. The zero-order valence-corrected chi connectivity index (χ0v) is 20.6. The number of aromatic nitrogens is 1. The standard InChI is InChI=1S/C28H36F2N4O/c1-3-4-13-33-15-22(16-33)31-21-11-9-20(10-12-21)27-26-24(23-7-5-6-8-25(23)32-26)14-19(2)34(27)17-28(29,30)18-35/h5-12,19,22,27,31-32,35H,3-4,13-18H2,1-2H3/t19-,27-/m1/s1. The summed E-state index contributed by atoms with van der Waals surface area (Å²) in [5.74, 6) is -3.16. The maximum atomic E-state index is 14.4. The van der Waals surface area contributed by atoms with E-state index in [-0.39, 0.29) is 12.1 Å². The fourth-order valence-corrected chi connectivity index (χ4v) is 5.65. The Labute approximate surface area is 206 Å². The molecule has 1 fully saturated rings. The lowest BCUT2D eigenvalue weighted by molar-refractivity contribution is -0.0864. The Morgan fingerprint density at radius 3 is 2.57 bits per heavy atom. The summed E-state index contributed by atoms with van der Waals surface area (Å²) < 4.78 is 28.9. The molecule has 3 aromatic rings. The van der Waals surface area contributed by atoms with Crippen LogP contribution in [-0.4, -0.2) is 70.7 Å². The summed E-state index contributed by atoms with van der Waals surface area (Å²) in [4.78, 5) is 7.84. The number of H-pyrrole nitrogens is 1. The number of benzene rings is 2. The molecule has 5 nitrogen and oxygen atoms in total. The molecule has 3 N–H and O–H groups in total. The molecule has 1 aromatic heterocycles. The van der Waals surface area contributed by atoms with Crippen molar-refractivity contribution >= 4 is 16.6 Å². The minimum absolute atomic E-state index is 0.0917. The van der Waals surface area contributed by atoms with Crippen molar-refractivity contribution in [3.05, 3.63) is 65.4 Å². The lowest BCUT2D eigenvalue weighted by atomic mass is 9.88. The topological polar surface area (TPSA) is 54.5 Å². The van der Waals surface area contributed by atoms with Gasteiger partial charge in [-0.2, -0.15) is 0 Å². The number of likely N-dealkylation sites (tertiary alicyclic amines) is 1. The molecule has 2 aliphatic heterocycles.